The number of pyridine rings is 2. The smallest absolute Gasteiger partial charge is 0.417 e. The molecule has 0 spiro atoms. The van der Waals surface area contributed by atoms with Crippen molar-refractivity contribution in [1.29, 1.82) is 0 Å². The SMILES string of the molecule is CCN(C(=O)c1c(F)cncc1Br)[C@@H](C)COc1ccc(C(F)(F)F)cn1. The van der Waals surface area contributed by atoms with Gasteiger partial charge in [-0.05, 0) is 35.8 Å². The maximum atomic E-state index is 14.0. The summed E-state index contributed by atoms with van der Waals surface area (Å²) in [6, 6.07) is 1.48. The van der Waals surface area contributed by atoms with E-state index in [1.54, 1.807) is 13.8 Å². The van der Waals surface area contributed by atoms with Crippen LogP contribution in [0.3, 0.4) is 0 Å². The Labute approximate surface area is 161 Å². The molecule has 1 amide bonds. The molecule has 0 saturated heterocycles. The first-order valence-electron chi connectivity index (χ1n) is 7.91. The lowest BCUT2D eigenvalue weighted by Crippen LogP contribution is -2.42. The lowest BCUT2D eigenvalue weighted by Gasteiger charge is -2.28. The number of rotatable bonds is 6. The third-order valence-electron chi connectivity index (χ3n) is 3.74. The van der Waals surface area contributed by atoms with E-state index in [0.29, 0.717) is 6.20 Å². The van der Waals surface area contributed by atoms with Crippen LogP contribution in [0.4, 0.5) is 17.6 Å². The zero-order chi connectivity index (χ0) is 20.2. The van der Waals surface area contributed by atoms with Crippen LogP contribution in [-0.4, -0.2) is 40.0 Å². The molecule has 0 aromatic carbocycles. The Bertz CT molecular complexity index is 780. The molecule has 27 heavy (non-hydrogen) atoms. The highest BCUT2D eigenvalue weighted by atomic mass is 79.9. The molecule has 0 fully saturated rings. The van der Waals surface area contributed by atoms with Crippen molar-refractivity contribution in [1.82, 2.24) is 14.9 Å². The van der Waals surface area contributed by atoms with Crippen molar-refractivity contribution >= 4 is 21.8 Å². The molecule has 0 bridgehead atoms. The zero-order valence-electron chi connectivity index (χ0n) is 14.4. The molecular weight excluding hydrogens is 434 g/mol. The number of ether oxygens (including phenoxy) is 1. The number of carbonyl (C=O) groups is 1. The van der Waals surface area contributed by atoms with Crippen molar-refractivity contribution in [2.75, 3.05) is 13.2 Å². The van der Waals surface area contributed by atoms with Gasteiger partial charge in [-0.3, -0.25) is 9.78 Å². The van der Waals surface area contributed by atoms with Crippen molar-refractivity contribution in [3.63, 3.8) is 0 Å². The average molecular weight is 450 g/mol. The van der Waals surface area contributed by atoms with E-state index in [9.17, 15) is 22.4 Å². The molecule has 1 atom stereocenters. The van der Waals surface area contributed by atoms with E-state index >= 15 is 0 Å². The quantitative estimate of drug-likeness (QED) is 0.616. The van der Waals surface area contributed by atoms with Crippen molar-refractivity contribution in [3.05, 3.63) is 52.1 Å². The third kappa shape index (κ3) is 5.15. The molecule has 2 aromatic rings. The minimum Gasteiger partial charge on any atom is -0.475 e. The molecule has 10 heteroatoms. The Morgan fingerprint density at radius 3 is 2.52 bits per heavy atom. The van der Waals surface area contributed by atoms with Gasteiger partial charge in [0.2, 0.25) is 5.88 Å². The number of aromatic nitrogens is 2. The predicted octanol–water partition coefficient (Wildman–Crippen LogP) is 4.33. The van der Waals surface area contributed by atoms with Gasteiger partial charge in [0, 0.05) is 25.0 Å². The molecular formula is C17H16BrF4N3O2. The van der Waals surface area contributed by atoms with Crippen LogP contribution in [0.25, 0.3) is 0 Å². The zero-order valence-corrected chi connectivity index (χ0v) is 16.0. The van der Waals surface area contributed by atoms with E-state index in [2.05, 4.69) is 25.9 Å². The minimum absolute atomic E-state index is 0.00498. The molecule has 0 radical (unpaired) electrons. The van der Waals surface area contributed by atoms with Crippen LogP contribution in [0.5, 0.6) is 5.88 Å². The Balaban J connectivity index is 2.07. The fraction of sp³-hybridized carbons (Fsp3) is 0.353. The standard InChI is InChI=1S/C17H16BrF4N3O2/c1-3-25(16(26)15-12(18)7-23-8-13(15)19)10(2)9-27-14-5-4-11(6-24-14)17(20,21)22/h4-8,10H,3,9H2,1-2H3/t10-/m0/s1. The highest BCUT2D eigenvalue weighted by Crippen LogP contribution is 2.29. The minimum atomic E-state index is -4.48. The van der Waals surface area contributed by atoms with E-state index in [-0.39, 0.29) is 29.1 Å². The van der Waals surface area contributed by atoms with E-state index in [0.717, 1.165) is 18.3 Å². The van der Waals surface area contributed by atoms with Crippen molar-refractivity contribution < 1.29 is 27.1 Å². The monoisotopic (exact) mass is 449 g/mol. The van der Waals surface area contributed by atoms with Gasteiger partial charge in [-0.15, -0.1) is 0 Å². The Kier molecular flexibility index (Phi) is 6.74. The van der Waals surface area contributed by atoms with Gasteiger partial charge in [-0.25, -0.2) is 9.37 Å². The fourth-order valence-electron chi connectivity index (χ4n) is 2.34. The van der Waals surface area contributed by atoms with E-state index in [1.807, 2.05) is 0 Å². The molecule has 0 N–H and O–H groups in total. The number of halogens is 5. The lowest BCUT2D eigenvalue weighted by atomic mass is 10.2. The normalized spacial score (nSPS) is 12.6. The first kappa shape index (κ1) is 21.1. The summed E-state index contributed by atoms with van der Waals surface area (Å²) < 4.78 is 57.2. The molecule has 0 unspecified atom stereocenters. The van der Waals surface area contributed by atoms with Gasteiger partial charge in [-0.1, -0.05) is 0 Å². The second-order valence-electron chi connectivity index (χ2n) is 5.61. The topological polar surface area (TPSA) is 55.3 Å². The highest BCUT2D eigenvalue weighted by molar-refractivity contribution is 9.10. The number of amides is 1. The van der Waals surface area contributed by atoms with Crippen LogP contribution in [-0.2, 0) is 6.18 Å². The first-order chi connectivity index (χ1) is 12.6. The van der Waals surface area contributed by atoms with Gasteiger partial charge < -0.3 is 9.64 Å². The van der Waals surface area contributed by atoms with Crippen molar-refractivity contribution in [2.24, 2.45) is 0 Å². The molecule has 146 valence electrons. The average Bonchev–Trinajstić information content (AvgIpc) is 2.60. The van der Waals surface area contributed by atoms with E-state index < -0.39 is 29.5 Å². The van der Waals surface area contributed by atoms with Gasteiger partial charge in [0.25, 0.3) is 5.91 Å². The van der Waals surface area contributed by atoms with Crippen molar-refractivity contribution in [3.8, 4) is 5.88 Å². The first-order valence-corrected chi connectivity index (χ1v) is 8.70. The second-order valence-corrected chi connectivity index (χ2v) is 6.47. The Hall–Kier alpha value is -2.23. The Morgan fingerprint density at radius 2 is 2.00 bits per heavy atom. The summed E-state index contributed by atoms with van der Waals surface area (Å²) in [5.41, 5.74) is -1.03. The molecule has 0 aliphatic carbocycles. The molecule has 0 aliphatic heterocycles. The molecule has 0 aliphatic rings. The number of hydrogen-bond acceptors (Lipinski definition) is 4. The van der Waals surface area contributed by atoms with Gasteiger partial charge in [0.1, 0.15) is 6.61 Å². The van der Waals surface area contributed by atoms with Gasteiger partial charge in [0.05, 0.1) is 27.8 Å². The maximum absolute atomic E-state index is 14.0. The number of likely N-dealkylation sites (N-methyl/N-ethyl adjacent to an activating group) is 1. The molecule has 2 heterocycles. The number of alkyl halides is 3. The summed E-state index contributed by atoms with van der Waals surface area (Å²) in [6.07, 6.45) is -1.55. The summed E-state index contributed by atoms with van der Waals surface area (Å²) in [7, 11) is 0. The largest absolute Gasteiger partial charge is 0.475 e. The summed E-state index contributed by atoms with van der Waals surface area (Å²) in [5, 5.41) is 0. The van der Waals surface area contributed by atoms with Crippen LogP contribution in [0.2, 0.25) is 0 Å². The fourth-order valence-corrected chi connectivity index (χ4v) is 2.82. The molecule has 0 saturated carbocycles. The van der Waals surface area contributed by atoms with Gasteiger partial charge in [-0.2, -0.15) is 13.2 Å². The third-order valence-corrected chi connectivity index (χ3v) is 4.34. The predicted molar refractivity (Wildman–Crippen MR) is 92.8 cm³/mol. The summed E-state index contributed by atoms with van der Waals surface area (Å²) >= 11 is 3.11. The number of nitrogens with zero attached hydrogens (tertiary/aromatic N) is 3. The lowest BCUT2D eigenvalue weighted by molar-refractivity contribution is -0.137. The number of carbonyl (C=O) groups excluding carboxylic acids is 1. The Morgan fingerprint density at radius 1 is 1.30 bits per heavy atom. The summed E-state index contributed by atoms with van der Waals surface area (Å²) in [4.78, 5) is 21.3. The van der Waals surface area contributed by atoms with Crippen LogP contribution in [0.15, 0.2) is 35.2 Å². The molecule has 2 aromatic heterocycles. The maximum Gasteiger partial charge on any atom is 0.417 e. The molecule has 2 rings (SSSR count). The van der Waals surface area contributed by atoms with Crippen molar-refractivity contribution in [2.45, 2.75) is 26.1 Å². The van der Waals surface area contributed by atoms with E-state index in [1.165, 1.54) is 11.1 Å². The van der Waals surface area contributed by atoms with Crippen LogP contribution < -0.4 is 4.74 Å². The highest BCUT2D eigenvalue weighted by Gasteiger charge is 2.31. The van der Waals surface area contributed by atoms with Gasteiger partial charge >= 0.3 is 6.18 Å². The molecule has 5 nitrogen and oxygen atoms in total. The van der Waals surface area contributed by atoms with Crippen LogP contribution in [0, 0.1) is 5.82 Å². The van der Waals surface area contributed by atoms with Crippen LogP contribution >= 0.6 is 15.9 Å². The second kappa shape index (κ2) is 8.64. The summed E-state index contributed by atoms with van der Waals surface area (Å²) in [5.74, 6) is -1.32. The van der Waals surface area contributed by atoms with Gasteiger partial charge in [0.15, 0.2) is 5.82 Å². The van der Waals surface area contributed by atoms with Crippen LogP contribution in [0.1, 0.15) is 29.8 Å². The summed E-state index contributed by atoms with van der Waals surface area (Å²) in [6.45, 7) is 3.65. The van der Waals surface area contributed by atoms with E-state index in [4.69, 9.17) is 4.74 Å². The number of hydrogen-bond donors (Lipinski definition) is 0.